The monoisotopic (exact) mass is 103 g/mol. The Kier molecular flexibility index (Phi) is 1.62. The minimum Gasteiger partial charge on any atom is -0.367 e. The van der Waals surface area contributed by atoms with E-state index in [0.29, 0.717) is 13.2 Å². The van der Waals surface area contributed by atoms with E-state index in [1.54, 1.807) is 0 Å². The minimum absolute atomic E-state index is 0.569. The van der Waals surface area contributed by atoms with Crippen LogP contribution < -0.4 is 5.32 Å². The van der Waals surface area contributed by atoms with Gasteiger partial charge in [0.05, 0.1) is 6.61 Å². The van der Waals surface area contributed by atoms with E-state index in [-0.39, 0.29) is 0 Å². The summed E-state index contributed by atoms with van der Waals surface area (Å²) >= 11 is 0. The molecule has 0 aromatic rings. The number of rotatable bonds is 0. The van der Waals surface area contributed by atoms with Gasteiger partial charge < -0.3 is 15.2 Å². The Labute approximate surface area is 42.3 Å². The standard InChI is InChI=1S/C4H9NO2/c6-4-3-5-1-2-7-4/h4-6H,1-3H2. The van der Waals surface area contributed by atoms with E-state index in [1.807, 2.05) is 0 Å². The van der Waals surface area contributed by atoms with Gasteiger partial charge in [0.25, 0.3) is 0 Å². The molecule has 1 fully saturated rings. The van der Waals surface area contributed by atoms with E-state index < -0.39 is 6.29 Å². The second kappa shape index (κ2) is 2.26. The molecule has 1 atom stereocenters. The third-order valence-electron chi connectivity index (χ3n) is 0.908. The SMILES string of the molecule is OC1CNCCO1. The lowest BCUT2D eigenvalue weighted by molar-refractivity contribution is -0.112. The van der Waals surface area contributed by atoms with Crippen LogP contribution in [0.2, 0.25) is 0 Å². The maximum Gasteiger partial charge on any atom is 0.167 e. The van der Waals surface area contributed by atoms with Gasteiger partial charge in [0.2, 0.25) is 0 Å². The van der Waals surface area contributed by atoms with Crippen molar-refractivity contribution >= 4 is 0 Å². The number of aliphatic hydroxyl groups excluding tert-OH is 1. The lowest BCUT2D eigenvalue weighted by atomic mass is 10.5. The van der Waals surface area contributed by atoms with Crippen LogP contribution in [0.4, 0.5) is 0 Å². The highest BCUT2D eigenvalue weighted by molar-refractivity contribution is 4.54. The van der Waals surface area contributed by atoms with E-state index in [9.17, 15) is 0 Å². The molecule has 0 saturated carbocycles. The van der Waals surface area contributed by atoms with Gasteiger partial charge in [-0.25, -0.2) is 0 Å². The van der Waals surface area contributed by atoms with Gasteiger partial charge >= 0.3 is 0 Å². The summed E-state index contributed by atoms with van der Waals surface area (Å²) in [6, 6.07) is 0. The van der Waals surface area contributed by atoms with E-state index in [1.165, 1.54) is 0 Å². The summed E-state index contributed by atoms with van der Waals surface area (Å²) < 4.78 is 4.77. The molecule has 3 nitrogen and oxygen atoms in total. The van der Waals surface area contributed by atoms with Crippen LogP contribution in [0.1, 0.15) is 0 Å². The first-order chi connectivity index (χ1) is 3.39. The largest absolute Gasteiger partial charge is 0.367 e. The molecular formula is C4H9NO2. The number of nitrogens with one attached hydrogen (secondary N) is 1. The zero-order valence-electron chi connectivity index (χ0n) is 4.05. The molecule has 1 rings (SSSR count). The number of aliphatic hydroxyl groups is 1. The van der Waals surface area contributed by atoms with Crippen LogP contribution in [0.5, 0.6) is 0 Å². The molecule has 0 amide bonds. The molecule has 1 aliphatic heterocycles. The molecule has 1 unspecified atom stereocenters. The highest BCUT2D eigenvalue weighted by atomic mass is 16.6. The third-order valence-corrected chi connectivity index (χ3v) is 0.908. The highest BCUT2D eigenvalue weighted by Crippen LogP contribution is 1.87. The van der Waals surface area contributed by atoms with Crippen LogP contribution in [-0.4, -0.2) is 31.1 Å². The Hall–Kier alpha value is -0.120. The van der Waals surface area contributed by atoms with Gasteiger partial charge in [-0.3, -0.25) is 0 Å². The van der Waals surface area contributed by atoms with Gasteiger partial charge in [-0.1, -0.05) is 0 Å². The Bertz CT molecular complexity index is 51.7. The molecule has 0 aromatic heterocycles. The maximum absolute atomic E-state index is 8.62. The van der Waals surface area contributed by atoms with Crippen molar-refractivity contribution in [1.29, 1.82) is 0 Å². The first-order valence-electron chi connectivity index (χ1n) is 2.40. The zero-order valence-corrected chi connectivity index (χ0v) is 4.05. The van der Waals surface area contributed by atoms with Crippen LogP contribution in [-0.2, 0) is 4.74 Å². The molecular weight excluding hydrogens is 94.0 g/mol. The second-order valence-electron chi connectivity index (χ2n) is 1.53. The molecule has 7 heavy (non-hydrogen) atoms. The third kappa shape index (κ3) is 1.43. The first kappa shape index (κ1) is 5.03. The van der Waals surface area contributed by atoms with Crippen LogP contribution in [0.25, 0.3) is 0 Å². The number of ether oxygens (including phenoxy) is 1. The summed E-state index contributed by atoms with van der Waals surface area (Å²) in [5.74, 6) is 0. The zero-order chi connectivity index (χ0) is 5.11. The minimum atomic E-state index is -0.575. The topological polar surface area (TPSA) is 41.5 Å². The van der Waals surface area contributed by atoms with Crippen molar-refractivity contribution in [2.24, 2.45) is 0 Å². The van der Waals surface area contributed by atoms with Crippen LogP contribution in [0, 0.1) is 0 Å². The molecule has 0 aromatic carbocycles. The summed E-state index contributed by atoms with van der Waals surface area (Å²) in [6.45, 7) is 2.05. The van der Waals surface area contributed by atoms with Gasteiger partial charge in [-0.2, -0.15) is 0 Å². The molecule has 0 bridgehead atoms. The van der Waals surface area contributed by atoms with E-state index in [0.717, 1.165) is 6.54 Å². The van der Waals surface area contributed by atoms with E-state index in [2.05, 4.69) is 5.32 Å². The van der Waals surface area contributed by atoms with Crippen LogP contribution >= 0.6 is 0 Å². The van der Waals surface area contributed by atoms with Gasteiger partial charge in [-0.05, 0) is 0 Å². The molecule has 1 saturated heterocycles. The Morgan fingerprint density at radius 3 is 2.86 bits per heavy atom. The Morgan fingerprint density at radius 2 is 2.57 bits per heavy atom. The van der Waals surface area contributed by atoms with Gasteiger partial charge in [-0.15, -0.1) is 0 Å². The fraction of sp³-hybridized carbons (Fsp3) is 1.00. The van der Waals surface area contributed by atoms with Crippen molar-refractivity contribution in [3.8, 4) is 0 Å². The quantitative estimate of drug-likeness (QED) is 0.410. The van der Waals surface area contributed by atoms with Gasteiger partial charge in [0.15, 0.2) is 6.29 Å². The maximum atomic E-state index is 8.62. The fourth-order valence-electron chi connectivity index (χ4n) is 0.552. The number of hydrogen-bond donors (Lipinski definition) is 2. The summed E-state index contributed by atoms with van der Waals surface area (Å²) in [4.78, 5) is 0. The van der Waals surface area contributed by atoms with Crippen molar-refractivity contribution in [1.82, 2.24) is 5.32 Å². The summed E-state index contributed by atoms with van der Waals surface area (Å²) in [6.07, 6.45) is -0.575. The van der Waals surface area contributed by atoms with Crippen molar-refractivity contribution in [3.63, 3.8) is 0 Å². The second-order valence-corrected chi connectivity index (χ2v) is 1.53. The van der Waals surface area contributed by atoms with E-state index in [4.69, 9.17) is 9.84 Å². The smallest absolute Gasteiger partial charge is 0.167 e. The summed E-state index contributed by atoms with van der Waals surface area (Å²) in [5, 5.41) is 11.6. The number of morpholine rings is 1. The normalized spacial score (nSPS) is 33.0. The number of β-amino-alcohol motifs (C(OH)–C–C–N with tert-alkyl or cyclic N) is 1. The molecule has 1 aliphatic rings. The molecule has 1 heterocycles. The average Bonchev–Trinajstić information content (AvgIpc) is 1.69. The van der Waals surface area contributed by atoms with Crippen LogP contribution in [0.15, 0.2) is 0 Å². The Balaban J connectivity index is 2.12. The van der Waals surface area contributed by atoms with Crippen molar-refractivity contribution in [3.05, 3.63) is 0 Å². The lowest BCUT2D eigenvalue weighted by Crippen LogP contribution is -2.38. The molecule has 0 aliphatic carbocycles. The molecule has 3 heteroatoms. The van der Waals surface area contributed by atoms with Crippen molar-refractivity contribution < 1.29 is 9.84 Å². The molecule has 42 valence electrons. The lowest BCUT2D eigenvalue weighted by Gasteiger charge is -2.17. The predicted molar refractivity (Wildman–Crippen MR) is 24.8 cm³/mol. The molecule has 0 spiro atoms. The molecule has 0 radical (unpaired) electrons. The first-order valence-corrected chi connectivity index (χ1v) is 2.40. The van der Waals surface area contributed by atoms with Crippen molar-refractivity contribution in [2.45, 2.75) is 6.29 Å². The van der Waals surface area contributed by atoms with Gasteiger partial charge in [0, 0.05) is 13.1 Å². The van der Waals surface area contributed by atoms with Crippen LogP contribution in [0.3, 0.4) is 0 Å². The number of hydrogen-bond acceptors (Lipinski definition) is 3. The van der Waals surface area contributed by atoms with Crippen molar-refractivity contribution in [2.75, 3.05) is 19.7 Å². The van der Waals surface area contributed by atoms with Gasteiger partial charge in [0.1, 0.15) is 0 Å². The average molecular weight is 103 g/mol. The Morgan fingerprint density at radius 1 is 1.71 bits per heavy atom. The molecule has 2 N–H and O–H groups in total. The summed E-state index contributed by atoms with van der Waals surface area (Å²) in [5.41, 5.74) is 0. The predicted octanol–water partition coefficient (Wildman–Crippen LogP) is -1.08. The summed E-state index contributed by atoms with van der Waals surface area (Å²) in [7, 11) is 0. The highest BCUT2D eigenvalue weighted by Gasteiger charge is 2.06. The fourth-order valence-corrected chi connectivity index (χ4v) is 0.552. The van der Waals surface area contributed by atoms with E-state index >= 15 is 0 Å².